The largest absolute Gasteiger partial charge is 0.475 e. The molecule has 0 unspecified atom stereocenters. The van der Waals surface area contributed by atoms with E-state index in [1.165, 1.54) is 17.6 Å². The van der Waals surface area contributed by atoms with Crippen molar-refractivity contribution in [2.75, 3.05) is 18.6 Å². The Morgan fingerprint density at radius 1 is 1.27 bits per heavy atom. The highest BCUT2D eigenvalue weighted by Gasteiger charge is 2.34. The second-order valence-electron chi connectivity index (χ2n) is 6.27. The van der Waals surface area contributed by atoms with Gasteiger partial charge >= 0.3 is 5.97 Å². The van der Waals surface area contributed by atoms with E-state index in [0.29, 0.717) is 18.1 Å². The van der Waals surface area contributed by atoms with E-state index in [9.17, 15) is 4.79 Å². The Bertz CT molecular complexity index is 1010. The standard InChI is InChI=1S/C19H19N3O3S/c1-10-11(2)26-18-16(10)17(20-12(3)21-18)22-9-15(19(23)24-4)25-14-8-6-5-7-13(14)22/h5-8,15H,9H2,1-4H3/t15-/m1/s1. The molecule has 0 aliphatic carbocycles. The zero-order valence-electron chi connectivity index (χ0n) is 15.1. The van der Waals surface area contributed by atoms with Crippen molar-refractivity contribution in [3.05, 3.63) is 40.5 Å². The first kappa shape index (κ1) is 16.8. The van der Waals surface area contributed by atoms with Crippen molar-refractivity contribution in [2.24, 2.45) is 0 Å². The highest BCUT2D eigenvalue weighted by Crippen LogP contribution is 2.42. The van der Waals surface area contributed by atoms with E-state index in [1.54, 1.807) is 11.3 Å². The van der Waals surface area contributed by atoms with E-state index in [1.807, 2.05) is 36.1 Å². The predicted molar refractivity (Wildman–Crippen MR) is 102 cm³/mol. The number of esters is 1. The Morgan fingerprint density at radius 2 is 2.04 bits per heavy atom. The quantitative estimate of drug-likeness (QED) is 0.642. The number of aromatic nitrogens is 2. The number of para-hydroxylation sites is 2. The molecule has 4 rings (SSSR count). The highest BCUT2D eigenvalue weighted by atomic mass is 32.1. The van der Waals surface area contributed by atoms with Crippen LogP contribution in [0, 0.1) is 20.8 Å². The Balaban J connectivity index is 1.94. The normalized spacial score (nSPS) is 16.3. The van der Waals surface area contributed by atoms with Gasteiger partial charge in [-0.2, -0.15) is 0 Å². The van der Waals surface area contributed by atoms with Crippen molar-refractivity contribution in [3.63, 3.8) is 0 Å². The van der Waals surface area contributed by atoms with Crippen LogP contribution in [0.15, 0.2) is 24.3 Å². The van der Waals surface area contributed by atoms with Gasteiger partial charge in [0.05, 0.1) is 24.7 Å². The number of ether oxygens (including phenoxy) is 2. The van der Waals surface area contributed by atoms with E-state index in [4.69, 9.17) is 14.5 Å². The molecule has 0 bridgehead atoms. The minimum Gasteiger partial charge on any atom is -0.475 e. The van der Waals surface area contributed by atoms with Crippen LogP contribution in [0.4, 0.5) is 11.5 Å². The summed E-state index contributed by atoms with van der Waals surface area (Å²) in [6.07, 6.45) is -0.708. The molecule has 1 aliphatic heterocycles. The van der Waals surface area contributed by atoms with E-state index in [0.717, 1.165) is 21.7 Å². The van der Waals surface area contributed by atoms with Gasteiger partial charge in [0, 0.05) is 4.88 Å². The minimum absolute atomic E-state index is 0.337. The molecule has 2 aromatic heterocycles. The van der Waals surface area contributed by atoms with E-state index in [2.05, 4.69) is 18.8 Å². The summed E-state index contributed by atoms with van der Waals surface area (Å²) in [4.78, 5) is 25.7. The number of methoxy groups -OCH3 is 1. The predicted octanol–water partition coefficient (Wildman–Crippen LogP) is 3.69. The van der Waals surface area contributed by atoms with Crippen molar-refractivity contribution in [1.29, 1.82) is 0 Å². The molecule has 134 valence electrons. The Morgan fingerprint density at radius 3 is 2.81 bits per heavy atom. The van der Waals surface area contributed by atoms with Crippen LogP contribution in [-0.2, 0) is 9.53 Å². The third-order valence-corrected chi connectivity index (χ3v) is 5.72. The molecule has 6 nitrogen and oxygen atoms in total. The lowest BCUT2D eigenvalue weighted by atomic mass is 10.1. The van der Waals surface area contributed by atoms with Gasteiger partial charge in [-0.15, -0.1) is 11.3 Å². The molecule has 0 saturated carbocycles. The average molecular weight is 369 g/mol. The number of hydrogen-bond acceptors (Lipinski definition) is 7. The molecular weight excluding hydrogens is 350 g/mol. The third kappa shape index (κ3) is 2.59. The molecular formula is C19H19N3O3S. The fraction of sp³-hybridized carbons (Fsp3) is 0.316. The third-order valence-electron chi connectivity index (χ3n) is 4.61. The molecule has 0 radical (unpaired) electrons. The van der Waals surface area contributed by atoms with Gasteiger partial charge in [-0.25, -0.2) is 14.8 Å². The summed E-state index contributed by atoms with van der Waals surface area (Å²) in [5.74, 6) is 1.75. The summed E-state index contributed by atoms with van der Waals surface area (Å²) >= 11 is 1.66. The van der Waals surface area contributed by atoms with Gasteiger partial charge in [0.15, 0.2) is 0 Å². The molecule has 0 N–H and O–H groups in total. The molecule has 0 saturated heterocycles. The smallest absolute Gasteiger partial charge is 0.348 e. The number of aryl methyl sites for hydroxylation is 3. The Hall–Kier alpha value is -2.67. The molecule has 0 spiro atoms. The molecule has 3 heterocycles. The number of carbonyl (C=O) groups excluding carboxylic acids is 1. The first-order valence-electron chi connectivity index (χ1n) is 8.35. The Kier molecular flexibility index (Phi) is 4.03. The summed E-state index contributed by atoms with van der Waals surface area (Å²) in [7, 11) is 1.37. The average Bonchev–Trinajstić information content (AvgIpc) is 2.93. The lowest BCUT2D eigenvalue weighted by molar-refractivity contribution is -0.148. The van der Waals surface area contributed by atoms with Gasteiger partial charge in [0.1, 0.15) is 22.2 Å². The van der Waals surface area contributed by atoms with Gasteiger partial charge in [-0.3, -0.25) is 0 Å². The molecule has 1 aliphatic rings. The van der Waals surface area contributed by atoms with Crippen LogP contribution in [0.25, 0.3) is 10.2 Å². The van der Waals surface area contributed by atoms with E-state index < -0.39 is 12.1 Å². The lowest BCUT2D eigenvalue weighted by Gasteiger charge is -2.34. The number of hydrogen-bond donors (Lipinski definition) is 0. The van der Waals surface area contributed by atoms with E-state index in [-0.39, 0.29) is 0 Å². The number of rotatable bonds is 2. The van der Waals surface area contributed by atoms with Crippen LogP contribution in [0.5, 0.6) is 5.75 Å². The summed E-state index contributed by atoms with van der Waals surface area (Å²) in [6, 6.07) is 7.66. The van der Waals surface area contributed by atoms with Gasteiger partial charge in [0.25, 0.3) is 0 Å². The van der Waals surface area contributed by atoms with Gasteiger partial charge < -0.3 is 14.4 Å². The van der Waals surface area contributed by atoms with Crippen molar-refractivity contribution < 1.29 is 14.3 Å². The summed E-state index contributed by atoms with van der Waals surface area (Å²) in [6.45, 7) is 6.40. The van der Waals surface area contributed by atoms with Crippen molar-refractivity contribution in [1.82, 2.24) is 9.97 Å². The maximum absolute atomic E-state index is 12.2. The molecule has 3 aromatic rings. The molecule has 1 aromatic carbocycles. The van der Waals surface area contributed by atoms with Crippen molar-refractivity contribution in [2.45, 2.75) is 26.9 Å². The number of fused-ring (bicyclic) bond motifs is 2. The summed E-state index contributed by atoms with van der Waals surface area (Å²) in [5, 5.41) is 1.03. The second kappa shape index (κ2) is 6.25. The van der Waals surface area contributed by atoms with Crippen LogP contribution in [0.3, 0.4) is 0 Å². The maximum atomic E-state index is 12.2. The lowest BCUT2D eigenvalue weighted by Crippen LogP contribution is -2.43. The topological polar surface area (TPSA) is 64.5 Å². The summed E-state index contributed by atoms with van der Waals surface area (Å²) in [5.41, 5.74) is 2.05. The number of benzene rings is 1. The molecule has 26 heavy (non-hydrogen) atoms. The molecule has 0 fully saturated rings. The van der Waals surface area contributed by atoms with Crippen LogP contribution in [-0.4, -0.2) is 35.7 Å². The molecule has 7 heteroatoms. The first-order chi connectivity index (χ1) is 12.5. The fourth-order valence-corrected chi connectivity index (χ4v) is 4.29. The van der Waals surface area contributed by atoms with Gasteiger partial charge in [-0.05, 0) is 38.5 Å². The van der Waals surface area contributed by atoms with Gasteiger partial charge in [0.2, 0.25) is 6.10 Å². The number of anilines is 2. The number of nitrogens with zero attached hydrogens (tertiary/aromatic N) is 3. The van der Waals surface area contributed by atoms with Crippen LogP contribution in [0.2, 0.25) is 0 Å². The minimum atomic E-state index is -0.708. The van der Waals surface area contributed by atoms with Crippen LogP contribution < -0.4 is 9.64 Å². The van der Waals surface area contributed by atoms with Crippen molar-refractivity contribution in [3.8, 4) is 5.75 Å². The zero-order valence-corrected chi connectivity index (χ0v) is 15.9. The second-order valence-corrected chi connectivity index (χ2v) is 7.47. The van der Waals surface area contributed by atoms with Crippen LogP contribution >= 0.6 is 11.3 Å². The van der Waals surface area contributed by atoms with Gasteiger partial charge in [-0.1, -0.05) is 12.1 Å². The summed E-state index contributed by atoms with van der Waals surface area (Å²) < 4.78 is 10.8. The fourth-order valence-electron chi connectivity index (χ4n) is 3.22. The van der Waals surface area contributed by atoms with E-state index >= 15 is 0 Å². The monoisotopic (exact) mass is 369 g/mol. The number of thiophene rings is 1. The van der Waals surface area contributed by atoms with Crippen molar-refractivity contribution >= 4 is 39.0 Å². The maximum Gasteiger partial charge on any atom is 0.348 e. The van der Waals surface area contributed by atoms with Crippen LogP contribution in [0.1, 0.15) is 16.3 Å². The molecule has 1 atom stereocenters. The Labute approximate surface area is 155 Å². The molecule has 0 amide bonds. The highest BCUT2D eigenvalue weighted by molar-refractivity contribution is 7.18. The SMILES string of the molecule is COC(=O)[C@H]1CN(c2nc(C)nc3sc(C)c(C)c23)c2ccccc2O1. The zero-order chi connectivity index (χ0) is 18.4. The number of carbonyl (C=O) groups is 1. The first-order valence-corrected chi connectivity index (χ1v) is 9.16.